The molecule has 4 aromatic rings. The third kappa shape index (κ3) is 6.04. The molecule has 0 aliphatic heterocycles. The van der Waals surface area contributed by atoms with E-state index >= 15 is 0 Å². The van der Waals surface area contributed by atoms with Gasteiger partial charge in [0.2, 0.25) is 5.91 Å². The van der Waals surface area contributed by atoms with Gasteiger partial charge in [-0.05, 0) is 53.0 Å². The Morgan fingerprint density at radius 2 is 1.67 bits per heavy atom. The van der Waals surface area contributed by atoms with E-state index in [1.54, 1.807) is 12.1 Å². The lowest BCUT2D eigenvalue weighted by Gasteiger charge is -2.31. The second-order valence-corrected chi connectivity index (χ2v) is 9.66. The van der Waals surface area contributed by atoms with E-state index in [2.05, 4.69) is 9.69 Å². The molecule has 0 aliphatic carbocycles. The highest BCUT2D eigenvalue weighted by molar-refractivity contribution is 7.09. The van der Waals surface area contributed by atoms with Crippen molar-refractivity contribution >= 4 is 46.3 Å². The molecule has 200 valence electrons. The minimum absolute atomic E-state index is 0.0983. The van der Waals surface area contributed by atoms with Gasteiger partial charge in [0.1, 0.15) is 16.7 Å². The number of nitrogen functional groups attached to an aromatic ring is 1. The Hall–Kier alpha value is -4.77. The average Bonchev–Trinajstić information content (AvgIpc) is 3.32. The number of nitrogens with two attached hydrogens (primary N) is 2. The van der Waals surface area contributed by atoms with Crippen molar-refractivity contribution in [2.24, 2.45) is 5.73 Å². The zero-order valence-electron chi connectivity index (χ0n) is 21.3. The van der Waals surface area contributed by atoms with Crippen molar-refractivity contribution in [1.82, 2.24) is 9.69 Å². The monoisotopic (exact) mass is 546 g/mol. The Labute approximate surface area is 229 Å². The van der Waals surface area contributed by atoms with Crippen molar-refractivity contribution in [1.29, 1.82) is 0 Å². The summed E-state index contributed by atoms with van der Waals surface area (Å²) in [7, 11) is 3.76. The molecule has 39 heavy (non-hydrogen) atoms. The summed E-state index contributed by atoms with van der Waals surface area (Å²) < 4.78 is 18.3. The quantitative estimate of drug-likeness (QED) is 0.293. The van der Waals surface area contributed by atoms with Crippen LogP contribution >= 0.6 is 11.5 Å². The van der Waals surface area contributed by atoms with Crippen molar-refractivity contribution in [3.63, 3.8) is 0 Å². The number of carbonyl (C=O) groups is 3. The van der Waals surface area contributed by atoms with Crippen molar-refractivity contribution in [2.45, 2.75) is 12.6 Å². The number of rotatable bonds is 9. The Kier molecular flexibility index (Phi) is 8.21. The van der Waals surface area contributed by atoms with Gasteiger partial charge >= 0.3 is 0 Å². The molecular weight excluding hydrogens is 519 g/mol. The van der Waals surface area contributed by atoms with Crippen molar-refractivity contribution in [2.75, 3.05) is 29.6 Å². The van der Waals surface area contributed by atoms with Gasteiger partial charge in [-0.3, -0.25) is 19.3 Å². The molecule has 9 nitrogen and oxygen atoms in total. The predicted octanol–water partition coefficient (Wildman–Crippen LogP) is 3.73. The molecule has 4 rings (SSSR count). The Morgan fingerprint density at radius 1 is 0.974 bits per heavy atom. The summed E-state index contributed by atoms with van der Waals surface area (Å²) in [6, 6.07) is 20.5. The van der Waals surface area contributed by atoms with E-state index in [0.29, 0.717) is 17.1 Å². The fraction of sp³-hybridized carbons (Fsp3) is 0.143. The van der Waals surface area contributed by atoms with Crippen LogP contribution in [0.4, 0.5) is 21.5 Å². The second-order valence-electron chi connectivity index (χ2n) is 8.89. The molecule has 3 amide bonds. The largest absolute Gasteiger partial charge is 0.395 e. The molecule has 1 heterocycles. The van der Waals surface area contributed by atoms with Crippen LogP contribution in [-0.4, -0.2) is 36.2 Å². The summed E-state index contributed by atoms with van der Waals surface area (Å²) >= 11 is 0.682. The van der Waals surface area contributed by atoms with E-state index in [1.807, 2.05) is 61.5 Å². The Bertz CT molecular complexity index is 1490. The highest BCUT2D eigenvalue weighted by atomic mass is 32.1. The third-order valence-electron chi connectivity index (χ3n) is 6.00. The summed E-state index contributed by atoms with van der Waals surface area (Å²) in [4.78, 5) is 42.6. The first-order chi connectivity index (χ1) is 18.7. The first kappa shape index (κ1) is 27.3. The maximum absolute atomic E-state index is 14.4. The normalized spacial score (nSPS) is 11.5. The molecular formula is C28H27FN6O3S. The fourth-order valence-corrected chi connectivity index (χ4v) is 4.74. The van der Waals surface area contributed by atoms with Crippen LogP contribution in [0.15, 0.2) is 78.9 Å². The summed E-state index contributed by atoms with van der Waals surface area (Å²) in [6.45, 7) is 0.200. The van der Waals surface area contributed by atoms with Gasteiger partial charge in [-0.2, -0.15) is 4.37 Å². The van der Waals surface area contributed by atoms with Gasteiger partial charge in [0.25, 0.3) is 11.8 Å². The van der Waals surface area contributed by atoms with Crippen LogP contribution in [0.2, 0.25) is 0 Å². The lowest BCUT2D eigenvalue weighted by molar-refractivity contribution is -0.122. The van der Waals surface area contributed by atoms with Crippen LogP contribution in [0.5, 0.6) is 0 Å². The number of hydrogen-bond donors (Lipinski definition) is 3. The van der Waals surface area contributed by atoms with E-state index in [1.165, 1.54) is 18.2 Å². The third-order valence-corrected chi connectivity index (χ3v) is 6.85. The standard InChI is InChI=1S/C28H27FN6O3S/c1-34(2)20-13-11-18(12-14-20)24(27(37)32-16-17-7-4-3-5-8-17)35(21-10-6-9-19(29)15-21)28(38)25-22(30)23(26(31)36)33-39-25/h3-15,24H,16,30H2,1-2H3,(H2,31,36)(H,32,37). The molecule has 0 bridgehead atoms. The Morgan fingerprint density at radius 3 is 2.26 bits per heavy atom. The predicted molar refractivity (Wildman–Crippen MR) is 150 cm³/mol. The number of halogens is 1. The number of aromatic nitrogens is 1. The number of anilines is 3. The molecule has 0 saturated heterocycles. The SMILES string of the molecule is CN(C)c1ccc(C(C(=O)NCc2ccccc2)N(C(=O)c2snc(C(N)=O)c2N)c2cccc(F)c2)cc1. The topological polar surface area (TPSA) is 135 Å². The molecule has 1 unspecified atom stereocenters. The second kappa shape index (κ2) is 11.7. The zero-order chi connectivity index (χ0) is 28.1. The fourth-order valence-electron chi connectivity index (χ4n) is 4.00. The number of amides is 3. The van der Waals surface area contributed by atoms with E-state index in [4.69, 9.17) is 11.5 Å². The number of benzene rings is 3. The van der Waals surface area contributed by atoms with Gasteiger partial charge < -0.3 is 21.7 Å². The van der Waals surface area contributed by atoms with Gasteiger partial charge in [-0.25, -0.2) is 4.39 Å². The molecule has 5 N–H and O–H groups in total. The highest BCUT2D eigenvalue weighted by Gasteiger charge is 2.36. The molecule has 0 radical (unpaired) electrons. The van der Waals surface area contributed by atoms with Crippen LogP contribution in [0, 0.1) is 5.82 Å². The zero-order valence-corrected chi connectivity index (χ0v) is 22.1. The number of nitrogens with one attached hydrogen (secondary N) is 1. The van der Waals surface area contributed by atoms with Gasteiger partial charge in [-0.1, -0.05) is 48.5 Å². The minimum atomic E-state index is -1.22. The smallest absolute Gasteiger partial charge is 0.273 e. The molecule has 3 aromatic carbocycles. The maximum Gasteiger partial charge on any atom is 0.273 e. The Balaban J connectivity index is 1.84. The van der Waals surface area contributed by atoms with Crippen molar-refractivity contribution in [3.8, 4) is 0 Å². The molecule has 0 fully saturated rings. The minimum Gasteiger partial charge on any atom is -0.395 e. The summed E-state index contributed by atoms with van der Waals surface area (Å²) in [5.41, 5.74) is 13.3. The maximum atomic E-state index is 14.4. The van der Waals surface area contributed by atoms with Crippen molar-refractivity contribution in [3.05, 3.63) is 106 Å². The molecule has 1 atom stereocenters. The molecule has 0 spiro atoms. The van der Waals surface area contributed by atoms with E-state index in [9.17, 15) is 18.8 Å². The number of hydrogen-bond acceptors (Lipinski definition) is 7. The van der Waals surface area contributed by atoms with Crippen LogP contribution in [0.25, 0.3) is 0 Å². The highest BCUT2D eigenvalue weighted by Crippen LogP contribution is 2.34. The number of nitrogens with zero attached hydrogens (tertiary/aromatic N) is 3. The first-order valence-electron chi connectivity index (χ1n) is 11.9. The van der Waals surface area contributed by atoms with Crippen molar-refractivity contribution < 1.29 is 18.8 Å². The molecule has 11 heteroatoms. The van der Waals surface area contributed by atoms with Gasteiger partial charge in [0, 0.05) is 32.0 Å². The average molecular weight is 547 g/mol. The summed E-state index contributed by atoms with van der Waals surface area (Å²) in [5.74, 6) is -2.74. The van der Waals surface area contributed by atoms with Gasteiger partial charge in [0.15, 0.2) is 5.69 Å². The lowest BCUT2D eigenvalue weighted by atomic mass is 10.0. The van der Waals surface area contributed by atoms with E-state index in [0.717, 1.165) is 22.2 Å². The van der Waals surface area contributed by atoms with E-state index < -0.39 is 29.6 Å². The summed E-state index contributed by atoms with van der Waals surface area (Å²) in [5, 5.41) is 2.89. The van der Waals surface area contributed by atoms with Crippen LogP contribution in [0.3, 0.4) is 0 Å². The molecule has 0 saturated carbocycles. The number of carbonyl (C=O) groups excluding carboxylic acids is 3. The summed E-state index contributed by atoms with van der Waals surface area (Å²) in [6.07, 6.45) is 0. The van der Waals surface area contributed by atoms with Crippen LogP contribution in [0.1, 0.15) is 37.3 Å². The van der Waals surface area contributed by atoms with E-state index in [-0.39, 0.29) is 28.5 Å². The van der Waals surface area contributed by atoms with Crippen LogP contribution < -0.4 is 26.6 Å². The molecule has 1 aromatic heterocycles. The van der Waals surface area contributed by atoms with Gasteiger partial charge in [0.05, 0.1) is 5.69 Å². The first-order valence-corrected chi connectivity index (χ1v) is 12.7. The molecule has 0 aliphatic rings. The van der Waals surface area contributed by atoms with Gasteiger partial charge in [-0.15, -0.1) is 0 Å². The number of primary amides is 1. The lowest BCUT2D eigenvalue weighted by Crippen LogP contribution is -2.44. The van der Waals surface area contributed by atoms with Crippen LogP contribution in [-0.2, 0) is 11.3 Å².